The van der Waals surface area contributed by atoms with Crippen LogP contribution in [0.1, 0.15) is 5.56 Å². The van der Waals surface area contributed by atoms with Crippen molar-refractivity contribution in [1.29, 1.82) is 0 Å². The van der Waals surface area contributed by atoms with Crippen molar-refractivity contribution < 1.29 is 9.30 Å². The lowest BCUT2D eigenvalue weighted by atomic mass is 10.3. The van der Waals surface area contributed by atoms with Gasteiger partial charge in [0, 0.05) is 18.2 Å². The van der Waals surface area contributed by atoms with Crippen LogP contribution in [0.25, 0.3) is 0 Å². The van der Waals surface area contributed by atoms with Crippen molar-refractivity contribution in [1.82, 2.24) is 9.78 Å². The van der Waals surface area contributed by atoms with E-state index in [-0.39, 0.29) is 0 Å². The number of nitrogens with two attached hydrogens (primary N) is 1. The molecule has 0 aliphatic heterocycles. The minimum Gasteiger partial charge on any atom is -0.497 e. The molecule has 7 nitrogen and oxygen atoms in total. The first-order chi connectivity index (χ1) is 11.7. The second-order valence-corrected chi connectivity index (χ2v) is 5.35. The molecule has 24 heavy (non-hydrogen) atoms. The molecule has 1 aromatic carbocycles. The van der Waals surface area contributed by atoms with E-state index >= 15 is 0 Å². The molecule has 0 aliphatic carbocycles. The standard InChI is InChI=1S/C17H19N6O/c1-22-8-6-13(7-9-22)12-23-17(18)16(11-19-23)21-20-14-4-3-5-15(10-14)24-2/h3-11H,12,18H2,1-2H3/q+1. The van der Waals surface area contributed by atoms with E-state index in [0.717, 1.165) is 11.3 Å². The number of methoxy groups -OCH3 is 1. The molecule has 3 rings (SSSR count). The molecule has 7 heteroatoms. The summed E-state index contributed by atoms with van der Waals surface area (Å²) in [5.74, 6) is 1.21. The third-order valence-electron chi connectivity index (χ3n) is 3.57. The molecule has 0 saturated heterocycles. The number of nitrogens with zero attached hydrogens (tertiary/aromatic N) is 5. The maximum atomic E-state index is 6.12. The maximum Gasteiger partial charge on any atom is 0.168 e. The molecule has 3 aromatic rings. The van der Waals surface area contributed by atoms with E-state index in [2.05, 4.69) is 15.3 Å². The van der Waals surface area contributed by atoms with Crippen LogP contribution in [0.3, 0.4) is 0 Å². The monoisotopic (exact) mass is 323 g/mol. The smallest absolute Gasteiger partial charge is 0.168 e. The predicted molar refractivity (Wildman–Crippen MR) is 90.5 cm³/mol. The Morgan fingerprint density at radius 1 is 1.21 bits per heavy atom. The van der Waals surface area contributed by atoms with Crippen LogP contribution in [0, 0.1) is 0 Å². The first-order valence-electron chi connectivity index (χ1n) is 7.47. The molecular weight excluding hydrogens is 304 g/mol. The predicted octanol–water partition coefficient (Wildman–Crippen LogP) is 2.76. The number of nitrogen functional groups attached to an aromatic ring is 1. The summed E-state index contributed by atoms with van der Waals surface area (Å²) in [6.07, 6.45) is 5.58. The Balaban J connectivity index is 1.76. The number of aromatic nitrogens is 3. The highest BCUT2D eigenvalue weighted by molar-refractivity contribution is 5.56. The zero-order valence-corrected chi connectivity index (χ0v) is 13.6. The molecule has 0 radical (unpaired) electrons. The molecule has 0 atom stereocenters. The summed E-state index contributed by atoms with van der Waals surface area (Å²) >= 11 is 0. The highest BCUT2D eigenvalue weighted by Gasteiger charge is 2.08. The van der Waals surface area contributed by atoms with Gasteiger partial charge in [0.05, 0.1) is 25.5 Å². The third-order valence-corrected chi connectivity index (χ3v) is 3.57. The third kappa shape index (κ3) is 3.57. The van der Waals surface area contributed by atoms with Gasteiger partial charge in [-0.05, 0) is 17.7 Å². The number of ether oxygens (including phenoxy) is 1. The van der Waals surface area contributed by atoms with Crippen molar-refractivity contribution in [2.24, 2.45) is 17.3 Å². The van der Waals surface area contributed by atoms with Crippen LogP contribution >= 0.6 is 0 Å². The average molecular weight is 323 g/mol. The Morgan fingerprint density at radius 2 is 2.00 bits per heavy atom. The van der Waals surface area contributed by atoms with Crippen molar-refractivity contribution in [3.8, 4) is 5.75 Å². The summed E-state index contributed by atoms with van der Waals surface area (Å²) in [4.78, 5) is 0. The summed E-state index contributed by atoms with van der Waals surface area (Å²) in [7, 11) is 3.59. The number of pyridine rings is 1. The Morgan fingerprint density at radius 3 is 2.75 bits per heavy atom. The molecule has 0 fully saturated rings. The molecule has 2 heterocycles. The van der Waals surface area contributed by atoms with E-state index in [1.807, 2.05) is 54.3 Å². The first-order valence-corrected chi connectivity index (χ1v) is 7.47. The lowest BCUT2D eigenvalue weighted by Crippen LogP contribution is -2.26. The van der Waals surface area contributed by atoms with Crippen molar-refractivity contribution in [3.05, 3.63) is 60.6 Å². The molecular formula is C17H19N6O+. The molecule has 0 aliphatic rings. The van der Waals surface area contributed by atoms with Crippen molar-refractivity contribution in [2.45, 2.75) is 6.54 Å². The van der Waals surface area contributed by atoms with Crippen LogP contribution in [0.5, 0.6) is 5.75 Å². The van der Waals surface area contributed by atoms with E-state index in [1.54, 1.807) is 24.1 Å². The molecule has 122 valence electrons. The fourth-order valence-corrected chi connectivity index (χ4v) is 2.18. The van der Waals surface area contributed by atoms with Gasteiger partial charge < -0.3 is 10.5 Å². The van der Waals surface area contributed by atoms with Crippen molar-refractivity contribution in [2.75, 3.05) is 12.8 Å². The van der Waals surface area contributed by atoms with E-state index in [0.29, 0.717) is 23.7 Å². The van der Waals surface area contributed by atoms with Gasteiger partial charge in [-0.15, -0.1) is 5.11 Å². The Kier molecular flexibility index (Phi) is 4.51. The number of hydrogen-bond acceptors (Lipinski definition) is 5. The molecule has 2 aromatic heterocycles. The van der Waals surface area contributed by atoms with Crippen LogP contribution < -0.4 is 15.0 Å². The Labute approximate surface area is 140 Å². The van der Waals surface area contributed by atoms with E-state index < -0.39 is 0 Å². The SMILES string of the molecule is COc1cccc(N=Nc2cnn(Cc3cc[n+](C)cc3)c2N)c1. The van der Waals surface area contributed by atoms with Gasteiger partial charge in [-0.3, -0.25) is 0 Å². The molecule has 2 N–H and O–H groups in total. The van der Waals surface area contributed by atoms with E-state index in [9.17, 15) is 0 Å². The largest absolute Gasteiger partial charge is 0.497 e. The zero-order chi connectivity index (χ0) is 16.9. The highest BCUT2D eigenvalue weighted by atomic mass is 16.5. The fourth-order valence-electron chi connectivity index (χ4n) is 2.18. The van der Waals surface area contributed by atoms with Gasteiger partial charge in [0.25, 0.3) is 0 Å². The number of benzene rings is 1. The van der Waals surface area contributed by atoms with Gasteiger partial charge in [-0.2, -0.15) is 10.2 Å². The van der Waals surface area contributed by atoms with Gasteiger partial charge in [0.15, 0.2) is 12.4 Å². The van der Waals surface area contributed by atoms with Crippen molar-refractivity contribution >= 4 is 17.2 Å². The second-order valence-electron chi connectivity index (χ2n) is 5.35. The summed E-state index contributed by atoms with van der Waals surface area (Å²) in [5.41, 5.74) is 8.46. The number of hydrogen-bond donors (Lipinski definition) is 1. The fraction of sp³-hybridized carbons (Fsp3) is 0.176. The van der Waals surface area contributed by atoms with Gasteiger partial charge >= 0.3 is 0 Å². The quantitative estimate of drug-likeness (QED) is 0.579. The molecule has 0 spiro atoms. The lowest BCUT2D eigenvalue weighted by Gasteiger charge is -2.03. The topological polar surface area (TPSA) is 81.7 Å². The molecule has 0 amide bonds. The summed E-state index contributed by atoms with van der Waals surface area (Å²) in [5, 5.41) is 12.7. The molecule has 0 unspecified atom stereocenters. The summed E-state index contributed by atoms with van der Waals surface area (Å²) in [6, 6.07) is 11.4. The average Bonchev–Trinajstić information content (AvgIpc) is 2.95. The molecule has 0 bridgehead atoms. The van der Waals surface area contributed by atoms with Crippen LogP contribution in [0.15, 0.2) is 65.2 Å². The number of aryl methyl sites for hydroxylation is 1. The number of rotatable bonds is 5. The summed E-state index contributed by atoms with van der Waals surface area (Å²) < 4.78 is 8.84. The van der Waals surface area contributed by atoms with Crippen LogP contribution in [0.2, 0.25) is 0 Å². The second kappa shape index (κ2) is 6.91. The van der Waals surface area contributed by atoms with Gasteiger partial charge in [0.2, 0.25) is 0 Å². The first kappa shape index (κ1) is 15.7. The Hall–Kier alpha value is -3.22. The molecule has 0 saturated carbocycles. The minimum absolute atomic E-state index is 0.481. The Bertz CT molecular complexity index is 854. The number of azo groups is 1. The van der Waals surface area contributed by atoms with E-state index in [1.165, 1.54) is 0 Å². The van der Waals surface area contributed by atoms with Crippen LogP contribution in [0.4, 0.5) is 17.2 Å². The summed E-state index contributed by atoms with van der Waals surface area (Å²) in [6.45, 7) is 0.585. The lowest BCUT2D eigenvalue weighted by molar-refractivity contribution is -0.671. The van der Waals surface area contributed by atoms with Crippen LogP contribution in [-0.2, 0) is 13.6 Å². The normalized spacial score (nSPS) is 11.1. The van der Waals surface area contributed by atoms with Crippen molar-refractivity contribution in [3.63, 3.8) is 0 Å². The minimum atomic E-state index is 0.481. The van der Waals surface area contributed by atoms with Gasteiger partial charge in [0.1, 0.15) is 24.3 Å². The van der Waals surface area contributed by atoms with E-state index in [4.69, 9.17) is 10.5 Å². The highest BCUT2D eigenvalue weighted by Crippen LogP contribution is 2.26. The van der Waals surface area contributed by atoms with Gasteiger partial charge in [-0.25, -0.2) is 9.25 Å². The van der Waals surface area contributed by atoms with Gasteiger partial charge in [-0.1, -0.05) is 6.07 Å². The zero-order valence-electron chi connectivity index (χ0n) is 13.6. The van der Waals surface area contributed by atoms with Crippen LogP contribution in [-0.4, -0.2) is 16.9 Å². The maximum absolute atomic E-state index is 6.12. The number of anilines is 1.